The maximum Gasteiger partial charge on any atom is 0.224 e. The summed E-state index contributed by atoms with van der Waals surface area (Å²) >= 11 is 5.97. The van der Waals surface area contributed by atoms with Gasteiger partial charge in [0.2, 0.25) is 5.91 Å². The van der Waals surface area contributed by atoms with Crippen molar-refractivity contribution in [2.75, 3.05) is 11.1 Å². The molecule has 1 amide bonds. The lowest BCUT2D eigenvalue weighted by molar-refractivity contribution is -0.116. The number of nitrogens with two attached hydrogens (primary N) is 1. The molecule has 4 heteroatoms. The molecule has 3 nitrogen and oxygen atoms in total. The topological polar surface area (TPSA) is 55.1 Å². The van der Waals surface area contributed by atoms with Crippen LogP contribution in [0.4, 0.5) is 11.4 Å². The van der Waals surface area contributed by atoms with E-state index >= 15 is 0 Å². The first-order valence-electron chi connectivity index (χ1n) is 5.63. The van der Waals surface area contributed by atoms with Crippen molar-refractivity contribution in [3.8, 4) is 0 Å². The van der Waals surface area contributed by atoms with Crippen molar-refractivity contribution in [3.63, 3.8) is 0 Å². The Bertz CT molecular complexity index is 390. The SMILES string of the molecule is CC(C)(C)CCC(=O)Nc1c(N)cccc1Cl. The van der Waals surface area contributed by atoms with Crippen LogP contribution >= 0.6 is 11.6 Å². The Labute approximate surface area is 107 Å². The monoisotopic (exact) mass is 254 g/mol. The van der Waals surface area contributed by atoms with E-state index in [0.717, 1.165) is 6.42 Å². The molecule has 0 saturated carbocycles. The molecule has 94 valence electrons. The van der Waals surface area contributed by atoms with E-state index in [2.05, 4.69) is 26.1 Å². The van der Waals surface area contributed by atoms with E-state index in [-0.39, 0.29) is 11.3 Å². The van der Waals surface area contributed by atoms with Gasteiger partial charge in [-0.25, -0.2) is 0 Å². The third-order valence-electron chi connectivity index (χ3n) is 2.41. The summed E-state index contributed by atoms with van der Waals surface area (Å²) in [5.41, 5.74) is 6.89. The van der Waals surface area contributed by atoms with Crippen LogP contribution in [0, 0.1) is 5.41 Å². The first-order chi connectivity index (χ1) is 7.79. The molecule has 0 atom stereocenters. The fourth-order valence-electron chi connectivity index (χ4n) is 1.36. The highest BCUT2D eigenvalue weighted by atomic mass is 35.5. The first-order valence-corrected chi connectivity index (χ1v) is 6.01. The second-order valence-corrected chi connectivity index (χ2v) is 5.72. The summed E-state index contributed by atoms with van der Waals surface area (Å²) in [6.45, 7) is 6.30. The second-order valence-electron chi connectivity index (χ2n) is 5.31. The fraction of sp³-hybridized carbons (Fsp3) is 0.462. The molecule has 3 N–H and O–H groups in total. The number of hydrogen-bond acceptors (Lipinski definition) is 2. The van der Waals surface area contributed by atoms with Crippen LogP contribution in [0.5, 0.6) is 0 Å². The summed E-state index contributed by atoms with van der Waals surface area (Å²) < 4.78 is 0. The molecule has 1 rings (SSSR count). The van der Waals surface area contributed by atoms with Crippen molar-refractivity contribution in [2.24, 2.45) is 5.41 Å². The van der Waals surface area contributed by atoms with Crippen LogP contribution in [0.25, 0.3) is 0 Å². The molecule has 0 bridgehead atoms. The number of anilines is 2. The van der Waals surface area contributed by atoms with E-state index < -0.39 is 0 Å². The van der Waals surface area contributed by atoms with Crippen molar-refractivity contribution in [2.45, 2.75) is 33.6 Å². The molecule has 17 heavy (non-hydrogen) atoms. The molecule has 0 aliphatic carbocycles. The van der Waals surface area contributed by atoms with Crippen molar-refractivity contribution >= 4 is 28.9 Å². The smallest absolute Gasteiger partial charge is 0.224 e. The molecular formula is C13H19ClN2O. The number of nitrogen functional groups attached to an aromatic ring is 1. The predicted molar refractivity (Wildman–Crippen MR) is 73.2 cm³/mol. The molecule has 0 radical (unpaired) electrons. The predicted octanol–water partition coefficient (Wildman–Crippen LogP) is 3.69. The number of nitrogens with one attached hydrogen (secondary N) is 1. The van der Waals surface area contributed by atoms with Gasteiger partial charge >= 0.3 is 0 Å². The number of para-hydroxylation sites is 1. The average molecular weight is 255 g/mol. The van der Waals surface area contributed by atoms with Gasteiger partial charge in [-0.1, -0.05) is 38.4 Å². The van der Waals surface area contributed by atoms with Crippen molar-refractivity contribution in [3.05, 3.63) is 23.2 Å². The minimum atomic E-state index is -0.0558. The lowest BCUT2D eigenvalue weighted by atomic mass is 9.90. The highest BCUT2D eigenvalue weighted by molar-refractivity contribution is 6.34. The van der Waals surface area contributed by atoms with E-state index in [9.17, 15) is 4.79 Å². The van der Waals surface area contributed by atoms with Gasteiger partial charge in [-0.3, -0.25) is 4.79 Å². The maximum absolute atomic E-state index is 11.7. The molecule has 1 aromatic rings. The molecule has 1 aromatic carbocycles. The van der Waals surface area contributed by atoms with Gasteiger partial charge in [-0.05, 0) is 24.0 Å². The lowest BCUT2D eigenvalue weighted by Gasteiger charge is -2.17. The summed E-state index contributed by atoms with van der Waals surface area (Å²) in [5.74, 6) is -0.0558. The normalized spacial score (nSPS) is 11.3. The number of hydrogen-bond donors (Lipinski definition) is 2. The van der Waals surface area contributed by atoms with E-state index in [1.165, 1.54) is 0 Å². The van der Waals surface area contributed by atoms with Crippen LogP contribution in [0.3, 0.4) is 0 Å². The Balaban J connectivity index is 2.63. The minimum Gasteiger partial charge on any atom is -0.397 e. The van der Waals surface area contributed by atoms with Crippen LogP contribution in [-0.2, 0) is 4.79 Å². The van der Waals surface area contributed by atoms with Crippen LogP contribution in [0.15, 0.2) is 18.2 Å². The van der Waals surface area contributed by atoms with Gasteiger partial charge in [0.1, 0.15) is 0 Å². The Morgan fingerprint density at radius 2 is 2.06 bits per heavy atom. The minimum absolute atomic E-state index is 0.0558. The van der Waals surface area contributed by atoms with Gasteiger partial charge in [0.05, 0.1) is 16.4 Å². The average Bonchev–Trinajstić information content (AvgIpc) is 2.20. The van der Waals surface area contributed by atoms with Gasteiger partial charge in [0.15, 0.2) is 0 Å². The Morgan fingerprint density at radius 3 is 2.59 bits per heavy atom. The lowest BCUT2D eigenvalue weighted by Crippen LogP contribution is -2.16. The third-order valence-corrected chi connectivity index (χ3v) is 2.73. The highest BCUT2D eigenvalue weighted by Crippen LogP contribution is 2.28. The summed E-state index contributed by atoms with van der Waals surface area (Å²) in [5, 5.41) is 3.22. The molecule has 0 aliphatic heterocycles. The zero-order chi connectivity index (χ0) is 13.1. The summed E-state index contributed by atoms with van der Waals surface area (Å²) in [6.07, 6.45) is 1.29. The Hall–Kier alpha value is -1.22. The van der Waals surface area contributed by atoms with Gasteiger partial charge in [0, 0.05) is 6.42 Å². The van der Waals surface area contributed by atoms with Crippen LogP contribution in [0.2, 0.25) is 5.02 Å². The largest absolute Gasteiger partial charge is 0.397 e. The van der Waals surface area contributed by atoms with Gasteiger partial charge in [-0.2, -0.15) is 0 Å². The zero-order valence-electron chi connectivity index (χ0n) is 10.5. The number of benzene rings is 1. The van der Waals surface area contributed by atoms with Crippen molar-refractivity contribution < 1.29 is 4.79 Å². The number of carbonyl (C=O) groups excluding carboxylic acids is 1. The van der Waals surface area contributed by atoms with Crippen LogP contribution in [-0.4, -0.2) is 5.91 Å². The summed E-state index contributed by atoms with van der Waals surface area (Å²) in [6, 6.07) is 5.17. The Morgan fingerprint density at radius 1 is 1.41 bits per heavy atom. The van der Waals surface area contributed by atoms with Crippen LogP contribution < -0.4 is 11.1 Å². The highest BCUT2D eigenvalue weighted by Gasteiger charge is 2.14. The standard InChI is InChI=1S/C13H19ClN2O/c1-13(2,3)8-7-11(17)16-12-9(14)5-4-6-10(12)15/h4-6H,7-8,15H2,1-3H3,(H,16,17). The third kappa shape index (κ3) is 4.65. The summed E-state index contributed by atoms with van der Waals surface area (Å²) in [4.78, 5) is 11.7. The quantitative estimate of drug-likeness (QED) is 0.809. The molecule has 0 spiro atoms. The van der Waals surface area contributed by atoms with Gasteiger partial charge < -0.3 is 11.1 Å². The molecule has 0 aliphatic rings. The maximum atomic E-state index is 11.7. The number of carbonyl (C=O) groups is 1. The van der Waals surface area contributed by atoms with Gasteiger partial charge in [0.25, 0.3) is 0 Å². The van der Waals surface area contributed by atoms with Crippen LogP contribution in [0.1, 0.15) is 33.6 Å². The van der Waals surface area contributed by atoms with E-state index in [4.69, 9.17) is 17.3 Å². The fourth-order valence-corrected chi connectivity index (χ4v) is 1.59. The van der Waals surface area contributed by atoms with E-state index in [0.29, 0.717) is 22.8 Å². The molecule has 0 unspecified atom stereocenters. The van der Waals surface area contributed by atoms with Crippen molar-refractivity contribution in [1.82, 2.24) is 0 Å². The Kier molecular flexibility index (Phi) is 4.40. The number of rotatable bonds is 3. The molecule has 0 saturated heterocycles. The second kappa shape index (κ2) is 5.41. The molecule has 0 heterocycles. The summed E-state index contributed by atoms with van der Waals surface area (Å²) in [7, 11) is 0. The molecule has 0 fully saturated rings. The van der Waals surface area contributed by atoms with E-state index in [1.807, 2.05) is 0 Å². The number of halogens is 1. The van der Waals surface area contributed by atoms with Gasteiger partial charge in [-0.15, -0.1) is 0 Å². The van der Waals surface area contributed by atoms with E-state index in [1.54, 1.807) is 18.2 Å². The molecule has 0 aromatic heterocycles. The van der Waals surface area contributed by atoms with Crippen molar-refractivity contribution in [1.29, 1.82) is 0 Å². The number of amides is 1. The molecular weight excluding hydrogens is 236 g/mol. The first kappa shape index (κ1) is 13.8. The zero-order valence-corrected chi connectivity index (χ0v) is 11.3.